The molecule has 0 aliphatic heterocycles. The molecule has 0 bridgehead atoms. The van der Waals surface area contributed by atoms with Gasteiger partial charge in [0.1, 0.15) is 0 Å². The Morgan fingerprint density at radius 1 is 1.10 bits per heavy atom. The number of rotatable bonds is 0. The summed E-state index contributed by atoms with van der Waals surface area (Å²) >= 11 is 0. The van der Waals surface area contributed by atoms with E-state index in [1.807, 2.05) is 0 Å². The van der Waals surface area contributed by atoms with Crippen LogP contribution >= 0.6 is 8.25 Å². The minimum Gasteiger partial charge on any atom is -0.813 e. The molecule has 0 aromatic rings. The molecule has 50 valence electrons. The van der Waals surface area contributed by atoms with E-state index < -0.39 is 15.8 Å². The van der Waals surface area contributed by atoms with Gasteiger partial charge in [-0.2, -0.15) is 0 Å². The second-order valence-corrected chi connectivity index (χ2v) is 0.997. The fourth-order valence-electron chi connectivity index (χ4n) is 0. The maximum atomic E-state index is 9.67. The minimum absolute atomic E-state index is 0. The Morgan fingerprint density at radius 3 is 1.10 bits per heavy atom. The SMILES string of the molecule is FB(F)F.O=[PH]([O-])[O-].[Li+].[Li+]. The molecule has 0 aliphatic carbocycles. The molecule has 0 amide bonds. The average molecular weight is 162 g/mol. The van der Waals surface area contributed by atoms with Crippen molar-refractivity contribution < 1.29 is 65.0 Å². The number of halogens is 3. The Balaban J connectivity index is -0.0000000300. The molecule has 0 atom stereocenters. The summed E-state index contributed by atoms with van der Waals surface area (Å²) < 4.78 is 37.5. The van der Waals surface area contributed by atoms with Gasteiger partial charge < -0.3 is 14.4 Å². The quantitative estimate of drug-likeness (QED) is 0.262. The zero-order valence-corrected chi connectivity index (χ0v) is 6.44. The first-order valence-electron chi connectivity index (χ1n) is 1.27. The smallest absolute Gasteiger partial charge is 0.813 e. The van der Waals surface area contributed by atoms with Crippen molar-refractivity contribution in [3.05, 3.63) is 0 Å². The van der Waals surface area contributed by atoms with Crippen LogP contribution in [0.2, 0.25) is 0 Å². The van der Waals surface area contributed by atoms with Crippen molar-refractivity contribution in [2.24, 2.45) is 0 Å². The Morgan fingerprint density at radius 2 is 1.10 bits per heavy atom. The second-order valence-electron chi connectivity index (χ2n) is 0.497. The van der Waals surface area contributed by atoms with Gasteiger partial charge in [0, 0.05) is 0 Å². The standard InChI is InChI=1S/BF3.2Li.H3O3P/c2-1(3)4;;;1-4(2)3/h;;;4H,(H2,1,2,3)/q;2*+1;/p-2. The zero-order valence-electron chi connectivity index (χ0n) is 5.44. The molecule has 0 heterocycles. The molecule has 10 heavy (non-hydrogen) atoms. The van der Waals surface area contributed by atoms with Crippen molar-refractivity contribution in [2.75, 3.05) is 0 Å². The summed E-state index contributed by atoms with van der Waals surface area (Å²) in [6, 6.07) is 0. The van der Waals surface area contributed by atoms with Crippen LogP contribution in [0.25, 0.3) is 0 Å². The van der Waals surface area contributed by atoms with Crippen molar-refractivity contribution in [2.45, 2.75) is 0 Å². The first-order chi connectivity index (χ1) is 3.46. The van der Waals surface area contributed by atoms with Crippen molar-refractivity contribution in [1.29, 1.82) is 0 Å². The predicted octanol–water partition coefficient (Wildman–Crippen LogP) is -7.02. The molecule has 3 nitrogen and oxygen atoms in total. The van der Waals surface area contributed by atoms with E-state index in [0.29, 0.717) is 0 Å². The van der Waals surface area contributed by atoms with E-state index in [0.717, 1.165) is 0 Å². The normalized spacial score (nSPS) is 6.20. The zero-order chi connectivity index (χ0) is 7.15. The van der Waals surface area contributed by atoms with Gasteiger partial charge in [-0.1, -0.05) is 8.25 Å². The Labute approximate surface area is 80.9 Å². The summed E-state index contributed by atoms with van der Waals surface area (Å²) in [5, 5.41) is 0. The van der Waals surface area contributed by atoms with Gasteiger partial charge in [-0.05, 0) is 0 Å². The Hall–Kier alpha value is 1.20. The molecule has 0 saturated heterocycles. The first kappa shape index (κ1) is 22.5. The second kappa shape index (κ2) is 16.7. The molecule has 10 heteroatoms. The Kier molecular flexibility index (Phi) is 37.4. The predicted molar refractivity (Wildman–Crippen MR) is 18.1 cm³/mol. The van der Waals surface area contributed by atoms with Crippen molar-refractivity contribution in [1.82, 2.24) is 0 Å². The average Bonchev–Trinajstić information content (AvgIpc) is 1.25. The van der Waals surface area contributed by atoms with Crippen molar-refractivity contribution in [3.8, 4) is 0 Å². The van der Waals surface area contributed by atoms with Gasteiger partial charge >= 0.3 is 45.3 Å². The summed E-state index contributed by atoms with van der Waals surface area (Å²) in [6.45, 7) is 0. The van der Waals surface area contributed by atoms with E-state index in [1.54, 1.807) is 0 Å². The summed E-state index contributed by atoms with van der Waals surface area (Å²) in [5.41, 5.74) is 0. The molecule has 0 radical (unpaired) electrons. The molecular weight excluding hydrogens is 161 g/mol. The maximum Gasteiger partial charge on any atom is 1.00 e. The largest absolute Gasteiger partial charge is 1.00 e. The van der Waals surface area contributed by atoms with Gasteiger partial charge in [0.15, 0.2) is 0 Å². The fourth-order valence-corrected chi connectivity index (χ4v) is 0. The van der Waals surface area contributed by atoms with E-state index in [2.05, 4.69) is 0 Å². The van der Waals surface area contributed by atoms with Gasteiger partial charge in [-0.15, -0.1) is 0 Å². The van der Waals surface area contributed by atoms with E-state index in [4.69, 9.17) is 14.4 Å². The number of hydrogen-bond acceptors (Lipinski definition) is 3. The van der Waals surface area contributed by atoms with Crippen molar-refractivity contribution in [3.63, 3.8) is 0 Å². The minimum atomic E-state index is -3.67. The molecule has 0 aromatic carbocycles. The summed E-state index contributed by atoms with van der Waals surface area (Å²) in [6.07, 6.45) is 0. The molecule has 0 N–H and O–H groups in total. The molecular formula is HBF3Li2O3P. The van der Waals surface area contributed by atoms with Crippen LogP contribution in [0.5, 0.6) is 0 Å². The molecule has 0 unspecified atom stereocenters. The molecule has 0 aromatic heterocycles. The Bertz CT molecular complexity index is 66.0. The van der Waals surface area contributed by atoms with E-state index in [9.17, 15) is 12.9 Å². The van der Waals surface area contributed by atoms with Gasteiger partial charge in [0.25, 0.3) is 0 Å². The third kappa shape index (κ3) is 430. The molecule has 0 spiro atoms. The van der Waals surface area contributed by atoms with E-state index >= 15 is 0 Å². The summed E-state index contributed by atoms with van der Waals surface area (Å²) in [7, 11) is -7.30. The molecule has 0 aliphatic rings. The summed E-state index contributed by atoms with van der Waals surface area (Å²) in [5.74, 6) is 0. The summed E-state index contributed by atoms with van der Waals surface area (Å²) in [4.78, 5) is 17.0. The first-order valence-corrected chi connectivity index (χ1v) is 2.49. The number of hydrogen-bond donors (Lipinski definition) is 0. The van der Waals surface area contributed by atoms with Crippen molar-refractivity contribution >= 4 is 15.8 Å². The molecule has 0 fully saturated rings. The van der Waals surface area contributed by atoms with Crippen LogP contribution in [0, 0.1) is 0 Å². The van der Waals surface area contributed by atoms with Gasteiger partial charge in [-0.25, -0.2) is 0 Å². The van der Waals surface area contributed by atoms with E-state index in [-0.39, 0.29) is 37.7 Å². The van der Waals surface area contributed by atoms with Crippen LogP contribution < -0.4 is 47.5 Å². The van der Waals surface area contributed by atoms with E-state index in [1.165, 1.54) is 0 Å². The van der Waals surface area contributed by atoms with Crippen LogP contribution in [0.3, 0.4) is 0 Å². The van der Waals surface area contributed by atoms with Crippen LogP contribution in [0.4, 0.5) is 12.9 Å². The van der Waals surface area contributed by atoms with Crippen LogP contribution in [0.1, 0.15) is 0 Å². The third-order valence-electron chi connectivity index (χ3n) is 0. The van der Waals surface area contributed by atoms with Crippen LogP contribution in [0.15, 0.2) is 0 Å². The van der Waals surface area contributed by atoms with Gasteiger partial charge in [0.05, 0.1) is 0 Å². The maximum absolute atomic E-state index is 9.67. The topological polar surface area (TPSA) is 63.2 Å². The van der Waals surface area contributed by atoms with Gasteiger partial charge in [0.2, 0.25) is 0 Å². The monoisotopic (exact) mass is 162 g/mol. The van der Waals surface area contributed by atoms with Crippen LogP contribution in [-0.2, 0) is 4.57 Å². The third-order valence-corrected chi connectivity index (χ3v) is 0. The molecule has 0 saturated carbocycles. The van der Waals surface area contributed by atoms with Crippen LogP contribution in [-0.4, -0.2) is 7.54 Å². The molecule has 0 rings (SSSR count). The van der Waals surface area contributed by atoms with Gasteiger partial charge in [-0.3, -0.25) is 12.9 Å². The fraction of sp³-hybridized carbons (Fsp3) is 0.